The molecule has 0 atom stereocenters. The second-order valence-electron chi connectivity index (χ2n) is 6.07. The molecule has 138 valence electrons. The van der Waals surface area contributed by atoms with Crippen LogP contribution in [0.25, 0.3) is 10.8 Å². The van der Waals surface area contributed by atoms with E-state index in [1.165, 1.54) is 0 Å². The summed E-state index contributed by atoms with van der Waals surface area (Å²) in [5.41, 5.74) is 5.18. The number of ether oxygens (including phenoxy) is 1. The first-order valence-electron chi connectivity index (χ1n) is 8.95. The molecular formula is C22H23N3O2. The Morgan fingerprint density at radius 1 is 1.00 bits per heavy atom. The van der Waals surface area contributed by atoms with Gasteiger partial charge in [0.05, 0.1) is 18.9 Å². The molecule has 1 amide bonds. The Kier molecular flexibility index (Phi) is 6.05. The zero-order chi connectivity index (χ0) is 19.1. The molecule has 0 aliphatic heterocycles. The first-order valence-corrected chi connectivity index (χ1v) is 8.95. The molecule has 0 saturated heterocycles. The van der Waals surface area contributed by atoms with E-state index in [-0.39, 0.29) is 12.5 Å². The average molecular weight is 361 g/mol. The summed E-state index contributed by atoms with van der Waals surface area (Å²) in [4.78, 5) is 12.1. The van der Waals surface area contributed by atoms with Crippen molar-refractivity contribution in [1.82, 2.24) is 5.43 Å². The summed E-state index contributed by atoms with van der Waals surface area (Å²) in [6.45, 7) is 4.58. The molecule has 0 radical (unpaired) electrons. The third kappa shape index (κ3) is 4.85. The summed E-state index contributed by atoms with van der Waals surface area (Å²) in [7, 11) is 0. The SMILES string of the molecule is CCOc1ccc(/C(C)=N\NC(=O)CNc2cccc3ccccc23)cc1. The van der Waals surface area contributed by atoms with Crippen LogP contribution in [0.3, 0.4) is 0 Å². The van der Waals surface area contributed by atoms with Gasteiger partial charge in [-0.2, -0.15) is 5.10 Å². The number of anilines is 1. The molecule has 3 rings (SSSR count). The third-order valence-electron chi connectivity index (χ3n) is 4.16. The fourth-order valence-corrected chi connectivity index (χ4v) is 2.76. The van der Waals surface area contributed by atoms with Crippen molar-refractivity contribution in [1.29, 1.82) is 0 Å². The maximum atomic E-state index is 12.1. The van der Waals surface area contributed by atoms with E-state index in [9.17, 15) is 4.79 Å². The molecule has 27 heavy (non-hydrogen) atoms. The van der Waals surface area contributed by atoms with Gasteiger partial charge in [0.1, 0.15) is 5.75 Å². The normalized spacial score (nSPS) is 11.3. The number of fused-ring (bicyclic) bond motifs is 1. The number of hydrazone groups is 1. The highest BCUT2D eigenvalue weighted by molar-refractivity contribution is 5.99. The van der Waals surface area contributed by atoms with Crippen molar-refractivity contribution in [3.63, 3.8) is 0 Å². The van der Waals surface area contributed by atoms with Gasteiger partial charge in [0, 0.05) is 11.1 Å². The number of amides is 1. The largest absolute Gasteiger partial charge is 0.494 e. The lowest BCUT2D eigenvalue weighted by molar-refractivity contribution is -0.119. The molecule has 0 aliphatic carbocycles. The molecule has 0 fully saturated rings. The maximum absolute atomic E-state index is 12.1. The van der Waals surface area contributed by atoms with Crippen LogP contribution in [-0.2, 0) is 4.79 Å². The topological polar surface area (TPSA) is 62.7 Å². The third-order valence-corrected chi connectivity index (χ3v) is 4.16. The van der Waals surface area contributed by atoms with Crippen LogP contribution >= 0.6 is 0 Å². The second-order valence-corrected chi connectivity index (χ2v) is 6.07. The minimum Gasteiger partial charge on any atom is -0.494 e. The van der Waals surface area contributed by atoms with Gasteiger partial charge in [0.2, 0.25) is 0 Å². The van der Waals surface area contributed by atoms with E-state index in [0.717, 1.165) is 33.5 Å². The highest BCUT2D eigenvalue weighted by Gasteiger charge is 2.04. The van der Waals surface area contributed by atoms with Crippen LogP contribution in [0.2, 0.25) is 0 Å². The van der Waals surface area contributed by atoms with Crippen LogP contribution in [0, 0.1) is 0 Å². The van der Waals surface area contributed by atoms with Gasteiger partial charge in [-0.15, -0.1) is 0 Å². The summed E-state index contributed by atoms with van der Waals surface area (Å²) in [6.07, 6.45) is 0. The standard InChI is InChI=1S/C22H23N3O2/c1-3-27-19-13-11-17(12-14-19)16(2)24-25-22(26)15-23-21-10-6-8-18-7-4-5-9-20(18)21/h4-14,23H,3,15H2,1-2H3,(H,25,26)/b24-16-. The van der Waals surface area contributed by atoms with Crippen LogP contribution in [0.1, 0.15) is 19.4 Å². The molecule has 3 aromatic rings. The van der Waals surface area contributed by atoms with Crippen molar-refractivity contribution in [3.05, 3.63) is 72.3 Å². The first kappa shape index (κ1) is 18.5. The first-order chi connectivity index (χ1) is 13.2. The van der Waals surface area contributed by atoms with Crippen LogP contribution in [0.15, 0.2) is 71.8 Å². The van der Waals surface area contributed by atoms with E-state index in [2.05, 4.69) is 15.8 Å². The molecule has 0 unspecified atom stereocenters. The molecule has 5 nitrogen and oxygen atoms in total. The number of nitrogens with one attached hydrogen (secondary N) is 2. The Labute approximate surface area is 159 Å². The summed E-state index contributed by atoms with van der Waals surface area (Å²) >= 11 is 0. The van der Waals surface area contributed by atoms with Crippen LogP contribution < -0.4 is 15.5 Å². The molecule has 5 heteroatoms. The van der Waals surface area contributed by atoms with Gasteiger partial charge in [0.25, 0.3) is 5.91 Å². The number of nitrogens with zero attached hydrogens (tertiary/aromatic N) is 1. The lowest BCUT2D eigenvalue weighted by atomic mass is 10.1. The van der Waals surface area contributed by atoms with E-state index >= 15 is 0 Å². The molecule has 0 spiro atoms. The number of benzene rings is 3. The Bertz CT molecular complexity index is 944. The number of carbonyl (C=O) groups excluding carboxylic acids is 1. The lowest BCUT2D eigenvalue weighted by Crippen LogP contribution is -2.26. The van der Waals surface area contributed by atoms with Crippen LogP contribution in [0.5, 0.6) is 5.75 Å². The zero-order valence-electron chi connectivity index (χ0n) is 15.5. The van der Waals surface area contributed by atoms with Gasteiger partial charge >= 0.3 is 0 Å². The zero-order valence-corrected chi connectivity index (χ0v) is 15.5. The van der Waals surface area contributed by atoms with Gasteiger partial charge in [0.15, 0.2) is 0 Å². The van der Waals surface area contributed by atoms with Crippen molar-refractivity contribution in [3.8, 4) is 5.75 Å². The van der Waals surface area contributed by atoms with Gasteiger partial charge in [-0.3, -0.25) is 4.79 Å². The molecule has 0 heterocycles. The summed E-state index contributed by atoms with van der Waals surface area (Å²) < 4.78 is 5.43. The van der Waals surface area contributed by atoms with Crippen molar-refractivity contribution in [2.24, 2.45) is 5.10 Å². The molecule has 3 aromatic carbocycles. The molecule has 0 aromatic heterocycles. The lowest BCUT2D eigenvalue weighted by Gasteiger charge is -2.09. The maximum Gasteiger partial charge on any atom is 0.259 e. The minimum atomic E-state index is -0.201. The second kappa shape index (κ2) is 8.85. The minimum absolute atomic E-state index is 0.147. The van der Waals surface area contributed by atoms with Gasteiger partial charge in [-0.1, -0.05) is 36.4 Å². The van der Waals surface area contributed by atoms with E-state index in [1.807, 2.05) is 80.6 Å². The number of hydrogen-bond acceptors (Lipinski definition) is 4. The van der Waals surface area contributed by atoms with E-state index in [0.29, 0.717) is 6.61 Å². The summed E-state index contributed by atoms with van der Waals surface area (Å²) in [6, 6.07) is 21.7. The predicted octanol–water partition coefficient (Wildman–Crippen LogP) is 4.19. The molecule has 0 bridgehead atoms. The van der Waals surface area contributed by atoms with Crippen molar-refractivity contribution in [2.45, 2.75) is 13.8 Å². The van der Waals surface area contributed by atoms with Crippen molar-refractivity contribution in [2.75, 3.05) is 18.5 Å². The van der Waals surface area contributed by atoms with E-state index in [1.54, 1.807) is 0 Å². The van der Waals surface area contributed by atoms with Gasteiger partial charge in [-0.25, -0.2) is 5.43 Å². The summed E-state index contributed by atoms with van der Waals surface area (Å²) in [5, 5.41) is 9.57. The molecular weight excluding hydrogens is 338 g/mol. The van der Waals surface area contributed by atoms with Crippen LogP contribution in [-0.4, -0.2) is 24.8 Å². The molecule has 0 saturated carbocycles. The Morgan fingerprint density at radius 3 is 2.52 bits per heavy atom. The fraction of sp³-hybridized carbons (Fsp3) is 0.182. The Hall–Kier alpha value is -3.34. The fourth-order valence-electron chi connectivity index (χ4n) is 2.76. The Balaban J connectivity index is 1.58. The number of hydrogen-bond donors (Lipinski definition) is 2. The Morgan fingerprint density at radius 2 is 1.74 bits per heavy atom. The van der Waals surface area contributed by atoms with Crippen molar-refractivity contribution < 1.29 is 9.53 Å². The monoisotopic (exact) mass is 361 g/mol. The molecule has 2 N–H and O–H groups in total. The quantitative estimate of drug-likeness (QED) is 0.490. The predicted molar refractivity (Wildman–Crippen MR) is 110 cm³/mol. The number of rotatable bonds is 7. The number of carbonyl (C=O) groups is 1. The highest BCUT2D eigenvalue weighted by Crippen LogP contribution is 2.22. The van der Waals surface area contributed by atoms with E-state index in [4.69, 9.17) is 4.74 Å². The summed E-state index contributed by atoms with van der Waals surface area (Å²) in [5.74, 6) is 0.616. The van der Waals surface area contributed by atoms with Crippen molar-refractivity contribution >= 4 is 28.1 Å². The van der Waals surface area contributed by atoms with Gasteiger partial charge in [-0.05, 0) is 55.1 Å². The van der Waals surface area contributed by atoms with Gasteiger partial charge < -0.3 is 10.1 Å². The average Bonchev–Trinajstić information content (AvgIpc) is 2.71. The van der Waals surface area contributed by atoms with Crippen LogP contribution in [0.4, 0.5) is 5.69 Å². The highest BCUT2D eigenvalue weighted by atomic mass is 16.5. The molecule has 0 aliphatic rings. The smallest absolute Gasteiger partial charge is 0.259 e. The van der Waals surface area contributed by atoms with E-state index < -0.39 is 0 Å².